The highest BCUT2D eigenvalue weighted by Gasteiger charge is 2.36. The third kappa shape index (κ3) is 6.31. The molecular formula is C29H18Br2INO4. The quantitative estimate of drug-likeness (QED) is 0.152. The number of hydrogen-bond donors (Lipinski definition) is 0. The van der Waals surface area contributed by atoms with Crippen LogP contribution in [0.3, 0.4) is 0 Å². The van der Waals surface area contributed by atoms with Gasteiger partial charge in [-0.15, -0.1) is 0 Å². The molecule has 0 radical (unpaired) electrons. The van der Waals surface area contributed by atoms with Gasteiger partial charge in [0, 0.05) is 30.2 Å². The number of rotatable bonds is 1. The van der Waals surface area contributed by atoms with Crippen molar-refractivity contribution in [1.29, 1.82) is 0 Å². The Morgan fingerprint density at radius 2 is 1.22 bits per heavy atom. The Bertz CT molecular complexity index is 1510. The molecule has 1 aliphatic heterocycles. The van der Waals surface area contributed by atoms with Crippen molar-refractivity contribution in [2.75, 3.05) is 4.90 Å². The van der Waals surface area contributed by atoms with Crippen molar-refractivity contribution in [3.63, 3.8) is 0 Å². The fourth-order valence-corrected chi connectivity index (χ4v) is 4.91. The predicted octanol–water partition coefficient (Wildman–Crippen LogP) is 7.36. The number of anilines is 2. The molecule has 0 fully saturated rings. The van der Waals surface area contributed by atoms with E-state index < -0.39 is 11.7 Å². The zero-order chi connectivity index (χ0) is 26.5. The topological polar surface area (TPSA) is 71.5 Å². The summed E-state index contributed by atoms with van der Waals surface area (Å²) >= 11 is 8.84. The summed E-state index contributed by atoms with van der Waals surface area (Å²) in [5.74, 6) is -1.63. The minimum absolute atomic E-state index is 0.265. The number of ketones is 3. The summed E-state index contributed by atoms with van der Waals surface area (Å²) in [6, 6.07) is 30.0. The van der Waals surface area contributed by atoms with Crippen LogP contribution in [0.1, 0.15) is 26.3 Å². The third-order valence-electron chi connectivity index (χ3n) is 5.51. The monoisotopic (exact) mass is 729 g/mol. The highest BCUT2D eigenvalue weighted by Crippen LogP contribution is 2.36. The van der Waals surface area contributed by atoms with E-state index in [1.807, 2.05) is 66.7 Å². The second-order valence-electron chi connectivity index (χ2n) is 7.99. The van der Waals surface area contributed by atoms with Gasteiger partial charge in [0.05, 0.1) is 11.3 Å². The van der Waals surface area contributed by atoms with Crippen LogP contribution in [-0.4, -0.2) is 23.3 Å². The summed E-state index contributed by atoms with van der Waals surface area (Å²) in [6.07, 6.45) is 0.265. The van der Waals surface area contributed by atoms with Crippen LogP contribution in [0.4, 0.5) is 11.4 Å². The van der Waals surface area contributed by atoms with Crippen molar-refractivity contribution < 1.29 is 19.2 Å². The van der Waals surface area contributed by atoms with Crippen molar-refractivity contribution >= 4 is 89.1 Å². The number of fused-ring (bicyclic) bond motifs is 2. The second-order valence-corrected chi connectivity index (χ2v) is 11.1. The molecule has 0 atom stereocenters. The number of hydrogen-bond acceptors (Lipinski definition) is 4. The van der Waals surface area contributed by atoms with E-state index in [4.69, 9.17) is 0 Å². The smallest absolute Gasteiger partial charge is 0.290 e. The number of amides is 1. The molecular weight excluding hydrogens is 713 g/mol. The molecule has 0 bridgehead atoms. The van der Waals surface area contributed by atoms with E-state index >= 15 is 0 Å². The van der Waals surface area contributed by atoms with Gasteiger partial charge in [-0.2, -0.15) is 0 Å². The van der Waals surface area contributed by atoms with Crippen molar-refractivity contribution in [2.45, 2.75) is 6.42 Å². The second kappa shape index (κ2) is 12.1. The lowest BCUT2D eigenvalue weighted by Crippen LogP contribution is -2.24. The first-order chi connectivity index (χ1) is 17.8. The highest BCUT2D eigenvalue weighted by atomic mass is 127. The van der Waals surface area contributed by atoms with Crippen LogP contribution in [-0.2, 0) is 16.0 Å². The Morgan fingerprint density at radius 3 is 1.81 bits per heavy atom. The Balaban J connectivity index is 0.000000144. The lowest BCUT2D eigenvalue weighted by molar-refractivity contribution is -0.114. The highest BCUT2D eigenvalue weighted by molar-refractivity contribution is 14.1. The Morgan fingerprint density at radius 1 is 0.649 bits per heavy atom. The number of halogens is 3. The first-order valence-electron chi connectivity index (χ1n) is 11.1. The largest absolute Gasteiger partial charge is 0.304 e. The molecule has 5 nitrogen and oxygen atoms in total. The molecule has 4 aromatic carbocycles. The summed E-state index contributed by atoms with van der Waals surface area (Å²) < 4.78 is 2.92. The van der Waals surface area contributed by atoms with E-state index in [0.29, 0.717) is 22.5 Å². The van der Waals surface area contributed by atoms with Gasteiger partial charge in [-0.25, -0.2) is 0 Å². The fourth-order valence-electron chi connectivity index (χ4n) is 3.78. The summed E-state index contributed by atoms with van der Waals surface area (Å²) in [7, 11) is 0. The predicted molar refractivity (Wildman–Crippen MR) is 158 cm³/mol. The van der Waals surface area contributed by atoms with Gasteiger partial charge >= 0.3 is 5.91 Å². The van der Waals surface area contributed by atoms with E-state index in [9.17, 15) is 19.2 Å². The number of para-hydroxylation sites is 1. The SMILES string of the molecule is Ic1ccccc1.O=C1C(=O)N(c2ccccc2)c2ccc(Br)cc21.O=C1Cc2ccc(Br)cc2C1=O. The maximum absolute atomic E-state index is 12.0. The third-order valence-corrected chi connectivity index (χ3v) is 7.22. The van der Waals surface area contributed by atoms with Gasteiger partial charge in [0.25, 0.3) is 5.78 Å². The molecule has 4 aromatic rings. The molecule has 2 aliphatic rings. The Labute approximate surface area is 244 Å². The van der Waals surface area contributed by atoms with Gasteiger partial charge in [0.1, 0.15) is 0 Å². The number of carbonyl (C=O) groups is 4. The average Bonchev–Trinajstić information content (AvgIpc) is 3.32. The normalized spacial score (nSPS) is 13.3. The van der Waals surface area contributed by atoms with E-state index in [2.05, 4.69) is 66.6 Å². The number of Topliss-reactive ketones (excluding diaryl/α,β-unsaturated/α-hetero) is 3. The van der Waals surface area contributed by atoms with Crippen LogP contribution in [0.25, 0.3) is 0 Å². The van der Waals surface area contributed by atoms with Crippen molar-refractivity contribution in [3.05, 3.63) is 126 Å². The van der Waals surface area contributed by atoms with Gasteiger partial charge in [-0.1, -0.05) is 74.3 Å². The molecule has 0 aromatic heterocycles. The van der Waals surface area contributed by atoms with E-state index in [1.54, 1.807) is 18.2 Å². The van der Waals surface area contributed by atoms with Crippen LogP contribution in [0.15, 0.2) is 106 Å². The standard InChI is InChI=1S/C14H8BrNO2.C9H5BrO2.C6H5I/c15-9-6-7-12-11(8-9)13(17)14(18)16(12)10-4-2-1-3-5-10;10-6-2-1-5-3-8(11)9(12)7(5)4-6;7-6-4-2-1-3-5-6/h1-8H;1-2,4H,3H2;1-5H. The van der Waals surface area contributed by atoms with E-state index in [1.165, 1.54) is 8.47 Å². The van der Waals surface area contributed by atoms with Gasteiger partial charge < -0.3 is 0 Å². The first-order valence-corrected chi connectivity index (χ1v) is 13.7. The lowest BCUT2D eigenvalue weighted by atomic mass is 10.1. The molecule has 0 saturated heterocycles. The lowest BCUT2D eigenvalue weighted by Gasteiger charge is -2.16. The minimum Gasteiger partial charge on any atom is -0.290 e. The number of carbonyl (C=O) groups excluding carboxylic acids is 4. The maximum atomic E-state index is 12.0. The van der Waals surface area contributed by atoms with Gasteiger partial charge in [-0.05, 0) is 82.8 Å². The molecule has 1 aliphatic carbocycles. The fraction of sp³-hybridized carbons (Fsp3) is 0.0345. The van der Waals surface area contributed by atoms with Crippen molar-refractivity contribution in [2.24, 2.45) is 0 Å². The Hall–Kier alpha value is -2.95. The maximum Gasteiger partial charge on any atom is 0.304 e. The zero-order valence-electron chi connectivity index (χ0n) is 19.2. The van der Waals surface area contributed by atoms with Crippen LogP contribution in [0.5, 0.6) is 0 Å². The molecule has 6 rings (SSSR count). The Kier molecular flexibility index (Phi) is 8.83. The molecule has 1 amide bonds. The molecule has 37 heavy (non-hydrogen) atoms. The summed E-state index contributed by atoms with van der Waals surface area (Å²) in [4.78, 5) is 47.6. The number of benzene rings is 4. The van der Waals surface area contributed by atoms with Gasteiger partial charge in [0.2, 0.25) is 11.6 Å². The van der Waals surface area contributed by atoms with Crippen molar-refractivity contribution in [1.82, 2.24) is 0 Å². The minimum atomic E-state index is -0.505. The van der Waals surface area contributed by atoms with Gasteiger partial charge in [0.15, 0.2) is 0 Å². The summed E-state index contributed by atoms with van der Waals surface area (Å²) in [5, 5.41) is 0. The van der Waals surface area contributed by atoms with Crippen LogP contribution >= 0.6 is 54.5 Å². The molecule has 184 valence electrons. The average molecular weight is 731 g/mol. The summed E-state index contributed by atoms with van der Waals surface area (Å²) in [5.41, 5.74) is 3.18. The van der Waals surface area contributed by atoms with E-state index in [0.717, 1.165) is 14.5 Å². The van der Waals surface area contributed by atoms with Crippen molar-refractivity contribution in [3.8, 4) is 0 Å². The molecule has 0 N–H and O–H groups in total. The zero-order valence-corrected chi connectivity index (χ0v) is 24.5. The summed E-state index contributed by atoms with van der Waals surface area (Å²) in [6.45, 7) is 0. The molecule has 0 saturated carbocycles. The first kappa shape index (κ1) is 27.1. The van der Waals surface area contributed by atoms with Crippen LogP contribution < -0.4 is 4.90 Å². The number of nitrogens with zero attached hydrogens (tertiary/aromatic N) is 1. The molecule has 1 heterocycles. The van der Waals surface area contributed by atoms with E-state index in [-0.39, 0.29) is 18.0 Å². The van der Waals surface area contributed by atoms with Crippen LogP contribution in [0.2, 0.25) is 0 Å². The molecule has 0 spiro atoms. The molecule has 8 heteroatoms. The van der Waals surface area contributed by atoms with Crippen LogP contribution in [0, 0.1) is 3.57 Å². The molecule has 0 unspecified atom stereocenters. The van der Waals surface area contributed by atoms with Gasteiger partial charge in [-0.3, -0.25) is 24.1 Å².